The highest BCUT2D eigenvalue weighted by Gasteiger charge is 2.12. The van der Waals surface area contributed by atoms with Gasteiger partial charge in [-0.3, -0.25) is 4.68 Å². The molecule has 5 heteroatoms. The summed E-state index contributed by atoms with van der Waals surface area (Å²) >= 11 is 1.47. The first kappa shape index (κ1) is 16.0. The molecule has 0 amide bonds. The maximum atomic E-state index is 13.1. The van der Waals surface area contributed by atoms with Crippen LogP contribution in [0.5, 0.6) is 0 Å². The number of hydrogen-bond donors (Lipinski definition) is 1. The predicted octanol–water partition coefficient (Wildman–Crippen LogP) is 3.30. The summed E-state index contributed by atoms with van der Waals surface area (Å²) in [5.41, 5.74) is 2.11. The number of aromatic nitrogens is 2. The van der Waals surface area contributed by atoms with Gasteiger partial charge in [0, 0.05) is 29.3 Å². The zero-order valence-electron chi connectivity index (χ0n) is 12.4. The quantitative estimate of drug-likeness (QED) is 0.798. The number of benzene rings is 1. The van der Waals surface area contributed by atoms with Crippen LogP contribution in [0.4, 0.5) is 4.39 Å². The van der Waals surface area contributed by atoms with Gasteiger partial charge in [0.25, 0.3) is 0 Å². The summed E-state index contributed by atoms with van der Waals surface area (Å²) in [5.74, 6) is 0.297. The number of nitrogens with zero attached hydrogens (tertiary/aromatic N) is 2. The molecule has 0 spiro atoms. The van der Waals surface area contributed by atoms with E-state index in [2.05, 4.69) is 18.1 Å². The van der Waals surface area contributed by atoms with E-state index < -0.39 is 6.10 Å². The standard InChI is InChI=1S/C16H21FN2OS/c1-3-13-9-14(19(4-2)18-13)10-15(20)11-21-16-7-5-6-12(17)8-16/h5-9,15,20H,3-4,10-11H2,1-2H3. The highest BCUT2D eigenvalue weighted by molar-refractivity contribution is 7.99. The van der Waals surface area contributed by atoms with E-state index in [0.29, 0.717) is 12.2 Å². The molecule has 2 aromatic rings. The molecule has 0 aliphatic heterocycles. The average molecular weight is 308 g/mol. The summed E-state index contributed by atoms with van der Waals surface area (Å²) in [6, 6.07) is 8.50. The summed E-state index contributed by atoms with van der Waals surface area (Å²) in [4.78, 5) is 0.840. The largest absolute Gasteiger partial charge is 0.392 e. The predicted molar refractivity (Wildman–Crippen MR) is 84.1 cm³/mol. The first-order valence-electron chi connectivity index (χ1n) is 7.24. The molecular weight excluding hydrogens is 287 g/mol. The molecule has 0 fully saturated rings. The molecule has 114 valence electrons. The molecule has 0 aliphatic carbocycles. The molecule has 1 N–H and O–H groups in total. The molecule has 1 atom stereocenters. The third-order valence-electron chi connectivity index (χ3n) is 3.26. The van der Waals surface area contributed by atoms with Crippen LogP contribution in [-0.2, 0) is 19.4 Å². The van der Waals surface area contributed by atoms with Crippen molar-refractivity contribution in [2.45, 2.75) is 44.2 Å². The molecule has 0 bridgehead atoms. The van der Waals surface area contributed by atoms with E-state index in [4.69, 9.17) is 0 Å². The Morgan fingerprint density at radius 3 is 2.81 bits per heavy atom. The van der Waals surface area contributed by atoms with Gasteiger partial charge in [0.15, 0.2) is 0 Å². The monoisotopic (exact) mass is 308 g/mol. The molecule has 1 heterocycles. The second kappa shape index (κ2) is 7.61. The molecule has 1 unspecified atom stereocenters. The Balaban J connectivity index is 1.92. The van der Waals surface area contributed by atoms with Crippen LogP contribution in [0.3, 0.4) is 0 Å². The SMILES string of the molecule is CCc1cc(CC(O)CSc2cccc(F)c2)n(CC)n1. The van der Waals surface area contributed by atoms with Crippen LogP contribution in [0, 0.1) is 5.82 Å². The lowest BCUT2D eigenvalue weighted by Crippen LogP contribution is -2.16. The van der Waals surface area contributed by atoms with Gasteiger partial charge >= 0.3 is 0 Å². The van der Waals surface area contributed by atoms with E-state index in [0.717, 1.165) is 29.2 Å². The number of hydrogen-bond acceptors (Lipinski definition) is 3. The Morgan fingerprint density at radius 1 is 1.33 bits per heavy atom. The summed E-state index contributed by atoms with van der Waals surface area (Å²) in [5, 5.41) is 14.7. The Bertz CT molecular complexity index is 585. The van der Waals surface area contributed by atoms with Crippen molar-refractivity contribution < 1.29 is 9.50 Å². The highest BCUT2D eigenvalue weighted by atomic mass is 32.2. The van der Waals surface area contributed by atoms with Crippen LogP contribution in [0.1, 0.15) is 25.2 Å². The molecule has 3 nitrogen and oxygen atoms in total. The third kappa shape index (κ3) is 4.58. The third-order valence-corrected chi connectivity index (χ3v) is 4.40. The van der Waals surface area contributed by atoms with Gasteiger partial charge < -0.3 is 5.11 Å². The fraction of sp³-hybridized carbons (Fsp3) is 0.438. The molecule has 1 aromatic heterocycles. The van der Waals surface area contributed by atoms with Gasteiger partial charge in [0.05, 0.1) is 11.8 Å². The van der Waals surface area contributed by atoms with Crippen LogP contribution >= 0.6 is 11.8 Å². The van der Waals surface area contributed by atoms with Crippen molar-refractivity contribution in [3.05, 3.63) is 47.5 Å². The van der Waals surface area contributed by atoms with Gasteiger partial charge in [-0.25, -0.2) is 4.39 Å². The first-order chi connectivity index (χ1) is 10.1. The maximum absolute atomic E-state index is 13.1. The van der Waals surface area contributed by atoms with Gasteiger partial charge in [0.2, 0.25) is 0 Å². The van der Waals surface area contributed by atoms with E-state index in [9.17, 15) is 9.50 Å². The van der Waals surface area contributed by atoms with Gasteiger partial charge in [-0.05, 0) is 37.6 Å². The van der Waals surface area contributed by atoms with Crippen molar-refractivity contribution in [2.24, 2.45) is 0 Å². The van der Waals surface area contributed by atoms with Crippen LogP contribution < -0.4 is 0 Å². The Morgan fingerprint density at radius 2 is 2.14 bits per heavy atom. The summed E-state index contributed by atoms with van der Waals surface area (Å²) in [6.07, 6.45) is 1.00. The van der Waals surface area contributed by atoms with Gasteiger partial charge in [-0.15, -0.1) is 11.8 Å². The molecule has 0 saturated heterocycles. The minimum Gasteiger partial charge on any atom is -0.392 e. The summed E-state index contributed by atoms with van der Waals surface area (Å²) < 4.78 is 15.0. The first-order valence-corrected chi connectivity index (χ1v) is 8.23. The molecule has 1 aromatic carbocycles. The van der Waals surface area contributed by atoms with E-state index in [-0.39, 0.29) is 5.82 Å². The van der Waals surface area contributed by atoms with E-state index >= 15 is 0 Å². The highest BCUT2D eigenvalue weighted by Crippen LogP contribution is 2.20. The van der Waals surface area contributed by atoms with Crippen LogP contribution in [0.2, 0.25) is 0 Å². The number of rotatable bonds is 7. The van der Waals surface area contributed by atoms with Crippen molar-refractivity contribution in [3.63, 3.8) is 0 Å². The lowest BCUT2D eigenvalue weighted by Gasteiger charge is -2.11. The number of aryl methyl sites for hydroxylation is 2. The lowest BCUT2D eigenvalue weighted by molar-refractivity contribution is 0.197. The minimum absolute atomic E-state index is 0.244. The van der Waals surface area contributed by atoms with Crippen molar-refractivity contribution in [3.8, 4) is 0 Å². The van der Waals surface area contributed by atoms with E-state index in [1.54, 1.807) is 6.07 Å². The fourth-order valence-electron chi connectivity index (χ4n) is 2.18. The number of aliphatic hydroxyl groups is 1. The number of aliphatic hydroxyl groups excluding tert-OH is 1. The zero-order valence-corrected chi connectivity index (χ0v) is 13.2. The van der Waals surface area contributed by atoms with E-state index in [1.807, 2.05) is 17.7 Å². The van der Waals surface area contributed by atoms with Crippen LogP contribution in [0.25, 0.3) is 0 Å². The van der Waals surface area contributed by atoms with Gasteiger partial charge in [-0.1, -0.05) is 13.0 Å². The van der Waals surface area contributed by atoms with Gasteiger partial charge in [-0.2, -0.15) is 5.10 Å². The molecule has 21 heavy (non-hydrogen) atoms. The Labute approximate surface area is 129 Å². The molecular formula is C16H21FN2OS. The second-order valence-corrected chi connectivity index (χ2v) is 6.02. The zero-order chi connectivity index (χ0) is 15.2. The molecule has 0 aliphatic rings. The Hall–Kier alpha value is -1.33. The number of halogens is 1. The van der Waals surface area contributed by atoms with Crippen molar-refractivity contribution in [2.75, 3.05) is 5.75 Å². The number of thioether (sulfide) groups is 1. The van der Waals surface area contributed by atoms with Crippen molar-refractivity contribution in [1.29, 1.82) is 0 Å². The van der Waals surface area contributed by atoms with E-state index in [1.165, 1.54) is 23.9 Å². The van der Waals surface area contributed by atoms with Gasteiger partial charge in [0.1, 0.15) is 5.82 Å². The minimum atomic E-state index is -0.468. The normalized spacial score (nSPS) is 12.6. The second-order valence-electron chi connectivity index (χ2n) is 4.92. The molecule has 2 rings (SSSR count). The molecule has 0 radical (unpaired) electrons. The smallest absolute Gasteiger partial charge is 0.124 e. The van der Waals surface area contributed by atoms with Crippen LogP contribution in [0.15, 0.2) is 35.2 Å². The maximum Gasteiger partial charge on any atom is 0.124 e. The summed E-state index contributed by atoms with van der Waals surface area (Å²) in [7, 11) is 0. The van der Waals surface area contributed by atoms with Crippen molar-refractivity contribution >= 4 is 11.8 Å². The average Bonchev–Trinajstić information content (AvgIpc) is 2.87. The molecule has 0 saturated carbocycles. The lowest BCUT2D eigenvalue weighted by atomic mass is 10.2. The fourth-order valence-corrected chi connectivity index (χ4v) is 3.05. The van der Waals surface area contributed by atoms with Crippen molar-refractivity contribution in [1.82, 2.24) is 9.78 Å². The topological polar surface area (TPSA) is 38.0 Å². The van der Waals surface area contributed by atoms with Crippen LogP contribution in [-0.4, -0.2) is 26.7 Å². The summed E-state index contributed by atoms with van der Waals surface area (Å²) in [6.45, 7) is 4.92. The Kier molecular flexibility index (Phi) is 5.82.